The van der Waals surface area contributed by atoms with E-state index in [4.69, 9.17) is 21.4 Å². The number of carbonyl (C=O) groups is 1. The number of rotatable bonds is 4. The molecule has 0 unspecified atom stereocenters. The van der Waals surface area contributed by atoms with Crippen LogP contribution in [0.25, 0.3) is 0 Å². The number of aromatic carboxylic acids is 1. The minimum absolute atomic E-state index is 0.00774. The Morgan fingerprint density at radius 2 is 2.05 bits per heavy atom. The first-order valence-corrected chi connectivity index (χ1v) is 6.26. The zero-order valence-electron chi connectivity index (χ0n) is 10.7. The van der Waals surface area contributed by atoms with Crippen LogP contribution >= 0.6 is 11.6 Å². The molecule has 5 heteroatoms. The quantitative estimate of drug-likeness (QED) is 0.925. The molecule has 0 aromatic heterocycles. The Hall–Kier alpha value is -2.07. The molecule has 0 aliphatic rings. The SMILES string of the molecule is Cc1ccc(COc2ccc(C(=O)O)cc2F)c(Cl)c1. The Morgan fingerprint density at radius 1 is 1.30 bits per heavy atom. The Bertz CT molecular complexity index is 656. The molecular weight excluding hydrogens is 283 g/mol. The normalized spacial score (nSPS) is 10.3. The summed E-state index contributed by atoms with van der Waals surface area (Å²) in [5.74, 6) is -1.91. The van der Waals surface area contributed by atoms with Crippen molar-refractivity contribution in [1.82, 2.24) is 0 Å². The Kier molecular flexibility index (Phi) is 4.25. The molecule has 0 radical (unpaired) electrons. The lowest BCUT2D eigenvalue weighted by Gasteiger charge is -2.09. The van der Waals surface area contributed by atoms with Gasteiger partial charge in [-0.3, -0.25) is 0 Å². The van der Waals surface area contributed by atoms with Gasteiger partial charge >= 0.3 is 5.97 Å². The van der Waals surface area contributed by atoms with Gasteiger partial charge in [-0.25, -0.2) is 9.18 Å². The van der Waals surface area contributed by atoms with Gasteiger partial charge in [0.25, 0.3) is 0 Å². The van der Waals surface area contributed by atoms with Crippen molar-refractivity contribution in [2.45, 2.75) is 13.5 Å². The summed E-state index contributed by atoms with van der Waals surface area (Å²) in [4.78, 5) is 10.7. The van der Waals surface area contributed by atoms with Gasteiger partial charge in [0.15, 0.2) is 11.6 Å². The molecule has 0 fully saturated rings. The molecule has 20 heavy (non-hydrogen) atoms. The van der Waals surface area contributed by atoms with Crippen LogP contribution in [0.1, 0.15) is 21.5 Å². The van der Waals surface area contributed by atoms with Crippen molar-refractivity contribution in [1.29, 1.82) is 0 Å². The van der Waals surface area contributed by atoms with Crippen molar-refractivity contribution < 1.29 is 19.0 Å². The number of benzene rings is 2. The minimum Gasteiger partial charge on any atom is -0.486 e. The fourth-order valence-electron chi connectivity index (χ4n) is 1.68. The summed E-state index contributed by atoms with van der Waals surface area (Å²) in [5.41, 5.74) is 1.64. The molecular formula is C15H12ClFO3. The van der Waals surface area contributed by atoms with Gasteiger partial charge in [-0.05, 0) is 36.8 Å². The average Bonchev–Trinajstić information content (AvgIpc) is 2.38. The smallest absolute Gasteiger partial charge is 0.335 e. The van der Waals surface area contributed by atoms with Crippen molar-refractivity contribution >= 4 is 17.6 Å². The van der Waals surface area contributed by atoms with Crippen LogP contribution in [0.15, 0.2) is 36.4 Å². The van der Waals surface area contributed by atoms with E-state index in [0.717, 1.165) is 17.2 Å². The van der Waals surface area contributed by atoms with E-state index in [2.05, 4.69) is 0 Å². The molecule has 3 nitrogen and oxygen atoms in total. The first-order valence-electron chi connectivity index (χ1n) is 5.88. The van der Waals surface area contributed by atoms with Crippen molar-refractivity contribution in [2.24, 2.45) is 0 Å². The van der Waals surface area contributed by atoms with Gasteiger partial charge in [-0.1, -0.05) is 23.7 Å². The van der Waals surface area contributed by atoms with Gasteiger partial charge in [0.2, 0.25) is 0 Å². The number of aryl methyl sites for hydroxylation is 1. The van der Waals surface area contributed by atoms with E-state index in [0.29, 0.717) is 5.02 Å². The molecule has 0 heterocycles. The summed E-state index contributed by atoms with van der Waals surface area (Å²) in [6, 6.07) is 8.99. The second-order valence-electron chi connectivity index (χ2n) is 4.33. The van der Waals surface area contributed by atoms with Gasteiger partial charge in [-0.2, -0.15) is 0 Å². The zero-order chi connectivity index (χ0) is 14.7. The van der Waals surface area contributed by atoms with Crippen molar-refractivity contribution in [3.05, 3.63) is 63.9 Å². The molecule has 0 aliphatic carbocycles. The Balaban J connectivity index is 2.13. The summed E-state index contributed by atoms with van der Waals surface area (Å²) < 4.78 is 19.0. The predicted octanol–water partition coefficient (Wildman–Crippen LogP) is 4.06. The number of carboxylic acid groups (broad SMARTS) is 1. The lowest BCUT2D eigenvalue weighted by atomic mass is 10.1. The van der Waals surface area contributed by atoms with Crippen LogP contribution in [0.5, 0.6) is 5.75 Å². The molecule has 0 aliphatic heterocycles. The van der Waals surface area contributed by atoms with Crippen LogP contribution in [0.4, 0.5) is 4.39 Å². The third-order valence-corrected chi connectivity index (χ3v) is 3.12. The summed E-state index contributed by atoms with van der Waals surface area (Å²) in [6.45, 7) is 2.03. The van der Waals surface area contributed by atoms with E-state index in [-0.39, 0.29) is 17.9 Å². The second-order valence-corrected chi connectivity index (χ2v) is 4.74. The highest BCUT2D eigenvalue weighted by atomic mass is 35.5. The highest BCUT2D eigenvalue weighted by molar-refractivity contribution is 6.31. The Morgan fingerprint density at radius 3 is 2.65 bits per heavy atom. The van der Waals surface area contributed by atoms with Crippen LogP contribution in [0.2, 0.25) is 5.02 Å². The molecule has 0 saturated carbocycles. The summed E-state index contributed by atoms with van der Waals surface area (Å²) in [5, 5.41) is 9.29. The fourth-order valence-corrected chi connectivity index (χ4v) is 1.97. The standard InChI is InChI=1S/C15H12ClFO3/c1-9-2-3-11(12(16)6-9)8-20-14-5-4-10(15(18)19)7-13(14)17/h2-7H,8H2,1H3,(H,18,19). The minimum atomic E-state index is -1.18. The van der Waals surface area contributed by atoms with Crippen LogP contribution in [-0.4, -0.2) is 11.1 Å². The number of hydrogen-bond donors (Lipinski definition) is 1. The van der Waals surface area contributed by atoms with Gasteiger partial charge in [-0.15, -0.1) is 0 Å². The van der Waals surface area contributed by atoms with E-state index >= 15 is 0 Å². The molecule has 104 valence electrons. The van der Waals surface area contributed by atoms with Crippen LogP contribution in [0.3, 0.4) is 0 Å². The molecule has 0 saturated heterocycles. The molecule has 2 rings (SSSR count). The maximum Gasteiger partial charge on any atom is 0.335 e. The molecule has 0 amide bonds. The van der Waals surface area contributed by atoms with Crippen molar-refractivity contribution in [2.75, 3.05) is 0 Å². The second kappa shape index (κ2) is 5.92. The van der Waals surface area contributed by atoms with Gasteiger partial charge in [0, 0.05) is 10.6 Å². The average molecular weight is 295 g/mol. The maximum atomic E-state index is 13.7. The topological polar surface area (TPSA) is 46.5 Å². The van der Waals surface area contributed by atoms with E-state index in [1.165, 1.54) is 12.1 Å². The molecule has 0 atom stereocenters. The highest BCUT2D eigenvalue weighted by Gasteiger charge is 2.10. The lowest BCUT2D eigenvalue weighted by molar-refractivity contribution is 0.0696. The highest BCUT2D eigenvalue weighted by Crippen LogP contribution is 2.23. The fraction of sp³-hybridized carbons (Fsp3) is 0.133. The number of ether oxygens (including phenoxy) is 1. The number of halogens is 2. The third-order valence-electron chi connectivity index (χ3n) is 2.77. The molecule has 2 aromatic rings. The summed E-state index contributed by atoms with van der Waals surface area (Å²) >= 11 is 6.05. The zero-order valence-corrected chi connectivity index (χ0v) is 11.4. The molecule has 0 bridgehead atoms. The largest absolute Gasteiger partial charge is 0.486 e. The van der Waals surface area contributed by atoms with Crippen molar-refractivity contribution in [3.63, 3.8) is 0 Å². The van der Waals surface area contributed by atoms with E-state index in [1.807, 2.05) is 13.0 Å². The van der Waals surface area contributed by atoms with Crippen LogP contribution in [0, 0.1) is 12.7 Å². The van der Waals surface area contributed by atoms with Gasteiger partial charge in [0.05, 0.1) is 5.56 Å². The Labute approximate surface area is 120 Å². The van der Waals surface area contributed by atoms with E-state index < -0.39 is 11.8 Å². The van der Waals surface area contributed by atoms with Crippen LogP contribution in [-0.2, 0) is 6.61 Å². The van der Waals surface area contributed by atoms with E-state index in [9.17, 15) is 9.18 Å². The maximum absolute atomic E-state index is 13.7. The number of carboxylic acids is 1. The third kappa shape index (κ3) is 3.27. The summed E-state index contributed by atoms with van der Waals surface area (Å²) in [6.07, 6.45) is 0. The van der Waals surface area contributed by atoms with Gasteiger partial charge in [0.1, 0.15) is 6.61 Å². The monoisotopic (exact) mass is 294 g/mol. The number of hydrogen-bond acceptors (Lipinski definition) is 2. The molecule has 2 aromatic carbocycles. The lowest BCUT2D eigenvalue weighted by Crippen LogP contribution is -2.01. The van der Waals surface area contributed by atoms with E-state index in [1.54, 1.807) is 12.1 Å². The first-order chi connectivity index (χ1) is 9.47. The predicted molar refractivity (Wildman–Crippen MR) is 73.9 cm³/mol. The van der Waals surface area contributed by atoms with Gasteiger partial charge < -0.3 is 9.84 Å². The summed E-state index contributed by atoms with van der Waals surface area (Å²) in [7, 11) is 0. The van der Waals surface area contributed by atoms with Crippen LogP contribution < -0.4 is 4.74 Å². The first kappa shape index (κ1) is 14.3. The molecule has 0 spiro atoms. The van der Waals surface area contributed by atoms with Crippen molar-refractivity contribution in [3.8, 4) is 5.75 Å². The molecule has 1 N–H and O–H groups in total.